The average Bonchev–Trinajstić information content (AvgIpc) is 2.13. The van der Waals surface area contributed by atoms with Crippen molar-refractivity contribution in [2.75, 3.05) is 5.88 Å². The molecule has 0 fully saturated rings. The number of halogens is 2. The van der Waals surface area contributed by atoms with Crippen molar-refractivity contribution in [1.82, 2.24) is 0 Å². The standard InChI is InChI=1S/C9H10Cl2N2/c1-6-7(11)3-2-4-8(6)13-9(12)5-10/h2-4H,5H2,1H3,(H2,12,13). The molecule has 0 saturated carbocycles. The van der Waals surface area contributed by atoms with Gasteiger partial charge < -0.3 is 5.73 Å². The Hall–Kier alpha value is -0.730. The third-order valence-electron chi connectivity index (χ3n) is 1.64. The number of nitrogens with two attached hydrogens (primary N) is 1. The minimum atomic E-state index is 0.228. The van der Waals surface area contributed by atoms with E-state index in [0.717, 1.165) is 11.3 Å². The molecule has 0 bridgehead atoms. The molecule has 1 aromatic carbocycles. The van der Waals surface area contributed by atoms with Crippen LogP contribution in [-0.2, 0) is 0 Å². The summed E-state index contributed by atoms with van der Waals surface area (Å²) in [6.45, 7) is 1.89. The normalized spacial score (nSPS) is 11.8. The van der Waals surface area contributed by atoms with Gasteiger partial charge in [0.05, 0.1) is 11.6 Å². The molecule has 70 valence electrons. The third kappa shape index (κ3) is 2.61. The molecule has 0 aromatic heterocycles. The van der Waals surface area contributed by atoms with E-state index < -0.39 is 0 Å². The molecule has 13 heavy (non-hydrogen) atoms. The van der Waals surface area contributed by atoms with Crippen LogP contribution in [0.1, 0.15) is 5.56 Å². The summed E-state index contributed by atoms with van der Waals surface area (Å²) in [5.74, 6) is 0.624. The van der Waals surface area contributed by atoms with Gasteiger partial charge in [0.15, 0.2) is 0 Å². The van der Waals surface area contributed by atoms with Crippen molar-refractivity contribution in [3.63, 3.8) is 0 Å². The number of amidine groups is 1. The lowest BCUT2D eigenvalue weighted by Crippen LogP contribution is -2.12. The molecule has 1 aromatic rings. The van der Waals surface area contributed by atoms with Crippen LogP contribution in [0.3, 0.4) is 0 Å². The second-order valence-corrected chi connectivity index (χ2v) is 3.30. The van der Waals surface area contributed by atoms with Crippen molar-refractivity contribution in [2.24, 2.45) is 10.7 Å². The van der Waals surface area contributed by atoms with Gasteiger partial charge in [-0.05, 0) is 24.6 Å². The SMILES string of the molecule is Cc1c(Cl)cccc1N=C(N)CCl. The number of hydrogen-bond acceptors (Lipinski definition) is 1. The number of aliphatic imine (C=N–C) groups is 1. The van der Waals surface area contributed by atoms with Gasteiger partial charge in [-0.2, -0.15) is 0 Å². The van der Waals surface area contributed by atoms with E-state index in [1.165, 1.54) is 0 Å². The molecule has 0 saturated heterocycles. The fourth-order valence-corrected chi connectivity index (χ4v) is 1.13. The Labute approximate surface area is 87.4 Å². The fraction of sp³-hybridized carbons (Fsp3) is 0.222. The lowest BCUT2D eigenvalue weighted by molar-refractivity contribution is 1.37. The molecule has 2 nitrogen and oxygen atoms in total. The third-order valence-corrected chi connectivity index (χ3v) is 2.32. The van der Waals surface area contributed by atoms with Crippen LogP contribution in [-0.4, -0.2) is 11.7 Å². The smallest absolute Gasteiger partial charge is 0.115 e. The Bertz CT molecular complexity index is 334. The Morgan fingerprint density at radius 3 is 2.85 bits per heavy atom. The summed E-state index contributed by atoms with van der Waals surface area (Å²) in [5.41, 5.74) is 7.18. The first-order valence-electron chi connectivity index (χ1n) is 3.79. The molecule has 0 spiro atoms. The van der Waals surface area contributed by atoms with E-state index in [9.17, 15) is 0 Å². The van der Waals surface area contributed by atoms with Crippen molar-refractivity contribution < 1.29 is 0 Å². The van der Waals surface area contributed by atoms with Gasteiger partial charge in [0.1, 0.15) is 5.84 Å². The van der Waals surface area contributed by atoms with Crippen molar-refractivity contribution >= 4 is 34.7 Å². The highest BCUT2D eigenvalue weighted by Gasteiger charge is 2.00. The van der Waals surface area contributed by atoms with Gasteiger partial charge >= 0.3 is 0 Å². The molecule has 0 aliphatic carbocycles. The molecule has 2 N–H and O–H groups in total. The zero-order valence-electron chi connectivity index (χ0n) is 7.22. The summed E-state index contributed by atoms with van der Waals surface area (Å²) in [6, 6.07) is 5.49. The molecular formula is C9H10Cl2N2. The molecule has 0 unspecified atom stereocenters. The molecular weight excluding hydrogens is 207 g/mol. The number of nitrogens with zero attached hydrogens (tertiary/aromatic N) is 1. The molecule has 0 aliphatic heterocycles. The van der Waals surface area contributed by atoms with Crippen molar-refractivity contribution in [3.8, 4) is 0 Å². The van der Waals surface area contributed by atoms with Crippen molar-refractivity contribution in [3.05, 3.63) is 28.8 Å². The van der Waals surface area contributed by atoms with E-state index in [1.807, 2.05) is 25.1 Å². The average molecular weight is 217 g/mol. The van der Waals surface area contributed by atoms with Crippen molar-refractivity contribution in [1.29, 1.82) is 0 Å². The highest BCUT2D eigenvalue weighted by molar-refractivity contribution is 6.31. The van der Waals surface area contributed by atoms with Crippen LogP contribution in [0.25, 0.3) is 0 Å². The molecule has 4 heteroatoms. The predicted molar refractivity (Wildman–Crippen MR) is 58.2 cm³/mol. The zero-order valence-corrected chi connectivity index (χ0v) is 8.73. The van der Waals surface area contributed by atoms with Crippen LogP contribution in [0.15, 0.2) is 23.2 Å². The predicted octanol–water partition coefficient (Wildman–Crippen LogP) is 2.88. The minimum absolute atomic E-state index is 0.228. The van der Waals surface area contributed by atoms with E-state index >= 15 is 0 Å². The van der Waals surface area contributed by atoms with E-state index in [1.54, 1.807) is 0 Å². The fourth-order valence-electron chi connectivity index (χ4n) is 0.902. The Balaban J connectivity index is 3.09. The van der Waals surface area contributed by atoms with Gasteiger partial charge in [-0.25, -0.2) is 4.99 Å². The van der Waals surface area contributed by atoms with Crippen molar-refractivity contribution in [2.45, 2.75) is 6.92 Å². The summed E-state index contributed by atoms with van der Waals surface area (Å²) in [6.07, 6.45) is 0. The van der Waals surface area contributed by atoms with E-state index in [-0.39, 0.29) is 5.88 Å². The summed E-state index contributed by atoms with van der Waals surface area (Å²) in [5, 5.41) is 0.684. The zero-order chi connectivity index (χ0) is 9.84. The Morgan fingerprint density at radius 2 is 2.23 bits per heavy atom. The maximum Gasteiger partial charge on any atom is 0.115 e. The summed E-state index contributed by atoms with van der Waals surface area (Å²) < 4.78 is 0. The van der Waals surface area contributed by atoms with Crippen LogP contribution in [0, 0.1) is 6.92 Å². The van der Waals surface area contributed by atoms with Crippen LogP contribution in [0.2, 0.25) is 5.02 Å². The largest absolute Gasteiger partial charge is 0.386 e. The lowest BCUT2D eigenvalue weighted by Gasteiger charge is -2.02. The van der Waals surface area contributed by atoms with Crippen LogP contribution < -0.4 is 5.73 Å². The number of alkyl halides is 1. The molecule has 0 heterocycles. The van der Waals surface area contributed by atoms with E-state index in [0.29, 0.717) is 10.9 Å². The second-order valence-electron chi connectivity index (χ2n) is 2.62. The molecule has 0 radical (unpaired) electrons. The number of rotatable bonds is 2. The number of hydrogen-bond donors (Lipinski definition) is 1. The first kappa shape index (κ1) is 10.4. The summed E-state index contributed by atoms with van der Waals surface area (Å²) >= 11 is 11.4. The topological polar surface area (TPSA) is 38.4 Å². The summed E-state index contributed by atoms with van der Waals surface area (Å²) in [4.78, 5) is 4.12. The van der Waals surface area contributed by atoms with Gasteiger partial charge in [-0.15, -0.1) is 11.6 Å². The monoisotopic (exact) mass is 216 g/mol. The minimum Gasteiger partial charge on any atom is -0.386 e. The van der Waals surface area contributed by atoms with E-state index in [4.69, 9.17) is 28.9 Å². The molecule has 0 amide bonds. The van der Waals surface area contributed by atoms with Gasteiger partial charge in [-0.1, -0.05) is 17.7 Å². The van der Waals surface area contributed by atoms with Crippen LogP contribution >= 0.6 is 23.2 Å². The highest BCUT2D eigenvalue weighted by atomic mass is 35.5. The second kappa shape index (κ2) is 4.49. The quantitative estimate of drug-likeness (QED) is 0.461. The highest BCUT2D eigenvalue weighted by Crippen LogP contribution is 2.25. The van der Waals surface area contributed by atoms with Crippen LogP contribution in [0.5, 0.6) is 0 Å². The van der Waals surface area contributed by atoms with Gasteiger partial charge in [0.2, 0.25) is 0 Å². The maximum atomic E-state index is 5.90. The molecule has 0 aliphatic rings. The van der Waals surface area contributed by atoms with Crippen LogP contribution in [0.4, 0.5) is 5.69 Å². The molecule has 0 atom stereocenters. The first-order chi connectivity index (χ1) is 6.15. The van der Waals surface area contributed by atoms with E-state index in [2.05, 4.69) is 4.99 Å². The Kier molecular flexibility index (Phi) is 3.58. The maximum absolute atomic E-state index is 5.90. The first-order valence-corrected chi connectivity index (χ1v) is 4.70. The Morgan fingerprint density at radius 1 is 1.54 bits per heavy atom. The number of benzene rings is 1. The van der Waals surface area contributed by atoms with Gasteiger partial charge in [-0.3, -0.25) is 0 Å². The van der Waals surface area contributed by atoms with Gasteiger partial charge in [0, 0.05) is 5.02 Å². The summed E-state index contributed by atoms with van der Waals surface area (Å²) in [7, 11) is 0. The lowest BCUT2D eigenvalue weighted by atomic mass is 10.2. The van der Waals surface area contributed by atoms with Gasteiger partial charge in [0.25, 0.3) is 0 Å². The molecule has 1 rings (SSSR count).